The molecule has 14 nitrogen and oxygen atoms in total. The molecule has 0 aliphatic heterocycles. The molecule has 5 amide bonds. The normalized spacial score (nSPS) is 12.7. The van der Waals surface area contributed by atoms with Gasteiger partial charge in [-0.2, -0.15) is 0 Å². The average molecular weight is 608 g/mol. The first-order valence-electron chi connectivity index (χ1n) is 13.4. The van der Waals surface area contributed by atoms with Gasteiger partial charge in [0.05, 0.1) is 6.04 Å². The Kier molecular flexibility index (Phi) is 16.5. The summed E-state index contributed by atoms with van der Waals surface area (Å²) in [4.78, 5) is 72.7. The minimum absolute atomic E-state index is 0.00642. The second-order valence-electron chi connectivity index (χ2n) is 9.64. The van der Waals surface area contributed by atoms with Crippen LogP contribution in [0, 0.1) is 12.0 Å². The van der Waals surface area contributed by atoms with Crippen LogP contribution >= 0.6 is 8.04 Å². The molecule has 15 heteroatoms. The van der Waals surface area contributed by atoms with Crippen molar-refractivity contribution in [2.24, 2.45) is 11.7 Å². The molecule has 0 heterocycles. The van der Waals surface area contributed by atoms with Gasteiger partial charge in [0.25, 0.3) is 0 Å². The second-order valence-corrected chi connectivity index (χ2v) is 10.3. The third-order valence-corrected chi connectivity index (χ3v) is 6.29. The first-order chi connectivity index (χ1) is 19.9. The molecule has 0 fully saturated rings. The van der Waals surface area contributed by atoms with Crippen molar-refractivity contribution in [3.05, 3.63) is 29.8 Å². The van der Waals surface area contributed by atoms with Crippen molar-refractivity contribution in [3.8, 4) is 6.13 Å². The molecule has 230 valence electrons. The summed E-state index contributed by atoms with van der Waals surface area (Å²) in [6.45, 7) is 5.81. The fourth-order valence-electron chi connectivity index (χ4n) is 3.77. The summed E-state index contributed by atoms with van der Waals surface area (Å²) in [6, 6.07) is 2.90. The summed E-state index contributed by atoms with van der Waals surface area (Å²) in [5.74, 6) is -3.09. The zero-order valence-electron chi connectivity index (χ0n) is 24.0. The van der Waals surface area contributed by atoms with Gasteiger partial charge in [0.1, 0.15) is 6.04 Å². The van der Waals surface area contributed by atoms with Crippen molar-refractivity contribution >= 4 is 49.2 Å². The molecule has 0 aliphatic carbocycles. The predicted octanol–water partition coefficient (Wildman–Crippen LogP) is 1.71. The molecule has 0 unspecified atom stereocenters. The number of hydrogen-bond acceptors (Lipinski definition) is 8. The van der Waals surface area contributed by atoms with Crippen LogP contribution in [0.25, 0.3) is 0 Å². The summed E-state index contributed by atoms with van der Waals surface area (Å²) < 4.78 is 4.96. The Balaban J connectivity index is 3.00. The summed E-state index contributed by atoms with van der Waals surface area (Å²) in [7, 11) is -0.00642. The van der Waals surface area contributed by atoms with Crippen molar-refractivity contribution in [2.75, 3.05) is 18.4 Å². The number of carboxylic acids is 1. The van der Waals surface area contributed by atoms with Gasteiger partial charge in [-0.25, -0.2) is 4.79 Å². The standard InChI is InChI=1S/C27H39N6O8P/c1-5-29-19(12-13-21(34)35)23(36)33-22(16(2)3)25(38)32-20(7-6-14-30-26(28)39)24(37)31-18-10-8-17(9-11-18)15-41-27(40)42-4/h4,8-11,16,19-20,22,29H,5-7,12-15H2,1-3H3,(H6-,28,30,31,32,33,34,35,36,37,38,39)/p+1/t19-,20-,22-/m0/s1. The van der Waals surface area contributed by atoms with Crippen LogP contribution in [-0.4, -0.2) is 71.8 Å². The summed E-state index contributed by atoms with van der Waals surface area (Å²) in [5.41, 5.74) is 5.61. The monoisotopic (exact) mass is 607 g/mol. The molecule has 0 saturated heterocycles. The zero-order chi connectivity index (χ0) is 31.7. The van der Waals surface area contributed by atoms with Gasteiger partial charge < -0.3 is 26.8 Å². The van der Waals surface area contributed by atoms with Crippen LogP contribution in [0.15, 0.2) is 24.3 Å². The Bertz CT molecular complexity index is 1140. The number of carbonyl (C=O) groups is 6. The van der Waals surface area contributed by atoms with Crippen molar-refractivity contribution in [3.63, 3.8) is 0 Å². The molecule has 8 N–H and O–H groups in total. The van der Waals surface area contributed by atoms with E-state index in [4.69, 9.17) is 21.7 Å². The van der Waals surface area contributed by atoms with E-state index >= 15 is 0 Å². The van der Waals surface area contributed by atoms with E-state index in [0.717, 1.165) is 0 Å². The van der Waals surface area contributed by atoms with Crippen LogP contribution < -0.4 is 32.3 Å². The van der Waals surface area contributed by atoms with Crippen molar-refractivity contribution in [2.45, 2.75) is 71.2 Å². The molecule has 1 aromatic rings. The molecule has 3 atom stereocenters. The average Bonchev–Trinajstić information content (AvgIpc) is 2.94. The van der Waals surface area contributed by atoms with Crippen LogP contribution in [-0.2, 0) is 30.5 Å². The van der Waals surface area contributed by atoms with Crippen LogP contribution in [0.2, 0.25) is 0 Å². The number of nitrogens with one attached hydrogen (secondary N) is 5. The van der Waals surface area contributed by atoms with Gasteiger partial charge in [0.15, 0.2) is 0 Å². The van der Waals surface area contributed by atoms with Gasteiger partial charge in [-0.3, -0.25) is 14.4 Å². The van der Waals surface area contributed by atoms with Crippen molar-refractivity contribution in [1.82, 2.24) is 21.3 Å². The third-order valence-electron chi connectivity index (χ3n) is 5.95. The maximum atomic E-state index is 13.3. The number of carboxylic acid groups (broad SMARTS) is 1. The van der Waals surface area contributed by atoms with E-state index in [2.05, 4.69) is 26.6 Å². The van der Waals surface area contributed by atoms with Crippen LogP contribution in [0.3, 0.4) is 0 Å². The van der Waals surface area contributed by atoms with Crippen molar-refractivity contribution in [1.29, 1.82) is 0 Å². The first kappa shape index (κ1) is 36.0. The number of anilines is 1. The Morgan fingerprint density at radius 3 is 2.19 bits per heavy atom. The number of benzene rings is 1. The number of rotatable bonds is 18. The number of likely N-dealkylation sites (N-methyl/N-ethyl adjacent to an activating group) is 1. The van der Waals surface area contributed by atoms with E-state index in [1.165, 1.54) is 0 Å². The molecule has 1 rings (SSSR count). The van der Waals surface area contributed by atoms with E-state index in [1.54, 1.807) is 45.0 Å². The van der Waals surface area contributed by atoms with Gasteiger partial charge in [-0.15, -0.1) is 0 Å². The quantitative estimate of drug-likeness (QED) is 0.0953. The zero-order valence-corrected chi connectivity index (χ0v) is 24.9. The van der Waals surface area contributed by atoms with E-state index in [9.17, 15) is 28.8 Å². The number of hydrogen-bond donors (Lipinski definition) is 7. The Morgan fingerprint density at radius 1 is 0.976 bits per heavy atom. The topological polar surface area (TPSA) is 218 Å². The summed E-state index contributed by atoms with van der Waals surface area (Å²) in [5, 5.41) is 22.4. The molecule has 0 bridgehead atoms. The Labute approximate surface area is 246 Å². The third kappa shape index (κ3) is 14.1. The number of aliphatic carboxylic acids is 1. The maximum absolute atomic E-state index is 13.3. The fraction of sp³-hybridized carbons (Fsp3) is 0.519. The number of urea groups is 1. The predicted molar refractivity (Wildman–Crippen MR) is 157 cm³/mol. The number of ether oxygens (including phenoxy) is 1. The van der Waals surface area contributed by atoms with Crippen LogP contribution in [0.1, 0.15) is 52.0 Å². The van der Waals surface area contributed by atoms with E-state index in [-0.39, 0.29) is 46.4 Å². The molecule has 0 aromatic heterocycles. The Hall–Kier alpha value is -3.99. The number of nitrogens with two attached hydrogens (primary N) is 1. The Morgan fingerprint density at radius 2 is 1.64 bits per heavy atom. The molecule has 0 saturated carbocycles. The number of carbonyl (C=O) groups excluding carboxylic acids is 5. The van der Waals surface area contributed by atoms with Crippen LogP contribution in [0.5, 0.6) is 0 Å². The van der Waals surface area contributed by atoms with E-state index in [1.807, 2.05) is 0 Å². The molecule has 42 heavy (non-hydrogen) atoms. The first-order valence-corrected chi connectivity index (χ1v) is 14.4. The van der Waals surface area contributed by atoms with Crippen molar-refractivity contribution < 1.29 is 38.6 Å². The molecule has 0 radical (unpaired) electrons. The van der Waals surface area contributed by atoms with Gasteiger partial charge in [0, 0.05) is 13.0 Å². The van der Waals surface area contributed by atoms with Gasteiger partial charge in [-0.05, 0) is 18.9 Å². The SMILES string of the molecule is C#[P+]C(=O)OCc1ccc(NC(=O)[C@H](CCCNC(N)=O)NC(=O)[C@@H](NC(=O)[C@H](CCC(=O)O)NCC)C(C)C)cc1. The van der Waals surface area contributed by atoms with Crippen LogP contribution in [0.4, 0.5) is 15.3 Å². The molecule has 1 aromatic carbocycles. The summed E-state index contributed by atoms with van der Waals surface area (Å²) in [6.07, 6.45) is 5.44. The molecular weight excluding hydrogens is 567 g/mol. The van der Waals surface area contributed by atoms with Gasteiger partial charge in [0.2, 0.25) is 5.91 Å². The van der Waals surface area contributed by atoms with Gasteiger partial charge >= 0.3 is 130 Å². The van der Waals surface area contributed by atoms with E-state index in [0.29, 0.717) is 24.2 Å². The van der Waals surface area contributed by atoms with Gasteiger partial charge in [-0.1, -0.05) is 20.8 Å². The van der Waals surface area contributed by atoms with E-state index < -0.39 is 53.6 Å². The molecule has 0 spiro atoms. The minimum atomic E-state index is -1.05. The summed E-state index contributed by atoms with van der Waals surface area (Å²) >= 11 is 0. The number of amides is 5. The molecular formula is C27H40N6O8P+. The fourth-order valence-corrected chi connectivity index (χ4v) is 3.91. The number of primary amides is 1. The second kappa shape index (κ2) is 19.2. The molecule has 0 aliphatic rings.